The van der Waals surface area contributed by atoms with Crippen molar-refractivity contribution in [3.05, 3.63) is 46.8 Å². The average Bonchev–Trinajstić information content (AvgIpc) is 2.45. The molecule has 3 rings (SSSR count). The van der Waals surface area contributed by atoms with Gasteiger partial charge in [0.2, 0.25) is 0 Å². The van der Waals surface area contributed by atoms with Crippen LogP contribution in [0.4, 0.5) is 0 Å². The molecule has 96 valence electrons. The lowest BCUT2D eigenvalue weighted by molar-refractivity contribution is 0.356. The SMILES string of the molecule is COc1cc2ccc3ccc(=O)oc3c2cc1OC. The third-order valence-electron chi connectivity index (χ3n) is 3.11. The molecule has 0 amide bonds. The van der Waals surface area contributed by atoms with Gasteiger partial charge in [0.1, 0.15) is 5.58 Å². The van der Waals surface area contributed by atoms with Crippen LogP contribution in [-0.4, -0.2) is 14.2 Å². The fourth-order valence-corrected chi connectivity index (χ4v) is 2.18. The van der Waals surface area contributed by atoms with E-state index in [9.17, 15) is 4.79 Å². The molecular weight excluding hydrogens is 244 g/mol. The maximum Gasteiger partial charge on any atom is 0.336 e. The fourth-order valence-electron chi connectivity index (χ4n) is 2.18. The summed E-state index contributed by atoms with van der Waals surface area (Å²) in [7, 11) is 3.16. The van der Waals surface area contributed by atoms with Crippen LogP contribution in [-0.2, 0) is 0 Å². The monoisotopic (exact) mass is 256 g/mol. The molecule has 3 aromatic rings. The van der Waals surface area contributed by atoms with Crippen LogP contribution in [0.15, 0.2) is 45.6 Å². The third kappa shape index (κ3) is 1.81. The first-order valence-corrected chi connectivity index (χ1v) is 5.81. The van der Waals surface area contributed by atoms with E-state index >= 15 is 0 Å². The zero-order chi connectivity index (χ0) is 13.4. The second-order valence-electron chi connectivity index (χ2n) is 4.17. The van der Waals surface area contributed by atoms with Crippen molar-refractivity contribution in [2.45, 2.75) is 0 Å². The predicted molar refractivity (Wildman–Crippen MR) is 73.1 cm³/mol. The summed E-state index contributed by atoms with van der Waals surface area (Å²) in [6.45, 7) is 0. The van der Waals surface area contributed by atoms with E-state index in [0.29, 0.717) is 17.1 Å². The minimum atomic E-state index is -0.366. The van der Waals surface area contributed by atoms with Crippen LogP contribution >= 0.6 is 0 Å². The molecule has 1 aromatic heterocycles. The molecular formula is C15H12O4. The maximum atomic E-state index is 11.4. The predicted octanol–water partition coefficient (Wildman–Crippen LogP) is 2.96. The van der Waals surface area contributed by atoms with Crippen molar-refractivity contribution in [1.29, 1.82) is 0 Å². The lowest BCUT2D eigenvalue weighted by Crippen LogP contribution is -1.95. The molecule has 2 aromatic carbocycles. The second-order valence-corrected chi connectivity index (χ2v) is 4.17. The molecule has 4 nitrogen and oxygen atoms in total. The van der Waals surface area contributed by atoms with Gasteiger partial charge in [-0.3, -0.25) is 0 Å². The molecule has 0 spiro atoms. The van der Waals surface area contributed by atoms with Crippen molar-refractivity contribution >= 4 is 21.7 Å². The zero-order valence-corrected chi connectivity index (χ0v) is 10.6. The van der Waals surface area contributed by atoms with E-state index in [4.69, 9.17) is 13.9 Å². The molecule has 0 aliphatic heterocycles. The van der Waals surface area contributed by atoms with Crippen LogP contribution in [0, 0.1) is 0 Å². The summed E-state index contributed by atoms with van der Waals surface area (Å²) in [4.78, 5) is 11.4. The van der Waals surface area contributed by atoms with Crippen LogP contribution in [0.25, 0.3) is 21.7 Å². The van der Waals surface area contributed by atoms with Gasteiger partial charge in [0.05, 0.1) is 14.2 Å². The van der Waals surface area contributed by atoms with Crippen molar-refractivity contribution in [3.8, 4) is 11.5 Å². The van der Waals surface area contributed by atoms with E-state index < -0.39 is 0 Å². The molecule has 19 heavy (non-hydrogen) atoms. The van der Waals surface area contributed by atoms with Gasteiger partial charge in [-0.25, -0.2) is 4.79 Å². The van der Waals surface area contributed by atoms with Crippen molar-refractivity contribution in [1.82, 2.24) is 0 Å². The fraction of sp³-hybridized carbons (Fsp3) is 0.133. The summed E-state index contributed by atoms with van der Waals surface area (Å²) in [5, 5.41) is 2.63. The van der Waals surface area contributed by atoms with Crippen molar-refractivity contribution < 1.29 is 13.9 Å². The summed E-state index contributed by atoms with van der Waals surface area (Å²) < 4.78 is 15.8. The van der Waals surface area contributed by atoms with Gasteiger partial charge in [-0.05, 0) is 23.6 Å². The Bertz CT molecular complexity index is 817. The Morgan fingerprint density at radius 2 is 1.53 bits per heavy atom. The van der Waals surface area contributed by atoms with E-state index in [1.165, 1.54) is 6.07 Å². The highest BCUT2D eigenvalue weighted by molar-refractivity contribution is 6.05. The Kier molecular flexibility index (Phi) is 2.63. The molecule has 1 heterocycles. The van der Waals surface area contributed by atoms with Gasteiger partial charge in [0, 0.05) is 16.8 Å². The van der Waals surface area contributed by atoms with Gasteiger partial charge in [0.15, 0.2) is 11.5 Å². The number of hydrogen-bond acceptors (Lipinski definition) is 4. The lowest BCUT2D eigenvalue weighted by atomic mass is 10.1. The van der Waals surface area contributed by atoms with E-state index in [1.807, 2.05) is 24.3 Å². The van der Waals surface area contributed by atoms with Crippen molar-refractivity contribution in [2.75, 3.05) is 14.2 Å². The topological polar surface area (TPSA) is 48.7 Å². The highest BCUT2D eigenvalue weighted by atomic mass is 16.5. The molecule has 0 unspecified atom stereocenters. The van der Waals surface area contributed by atoms with E-state index in [-0.39, 0.29) is 5.63 Å². The minimum Gasteiger partial charge on any atom is -0.493 e. The average molecular weight is 256 g/mol. The van der Waals surface area contributed by atoms with Crippen molar-refractivity contribution in [3.63, 3.8) is 0 Å². The molecule has 0 aliphatic carbocycles. The first-order chi connectivity index (χ1) is 9.22. The molecule has 0 saturated heterocycles. The van der Waals surface area contributed by atoms with Crippen LogP contribution in [0.2, 0.25) is 0 Å². The van der Waals surface area contributed by atoms with Crippen LogP contribution in [0.3, 0.4) is 0 Å². The van der Waals surface area contributed by atoms with Crippen LogP contribution in [0.1, 0.15) is 0 Å². The second kappa shape index (κ2) is 4.31. The Morgan fingerprint density at radius 3 is 2.26 bits per heavy atom. The van der Waals surface area contributed by atoms with Gasteiger partial charge in [-0.15, -0.1) is 0 Å². The Labute approximate surface area is 109 Å². The number of hydrogen-bond donors (Lipinski definition) is 0. The number of fused-ring (bicyclic) bond motifs is 3. The zero-order valence-electron chi connectivity index (χ0n) is 10.6. The smallest absolute Gasteiger partial charge is 0.336 e. The highest BCUT2D eigenvalue weighted by Gasteiger charge is 2.10. The summed E-state index contributed by atoms with van der Waals surface area (Å²) in [5.74, 6) is 1.25. The quantitative estimate of drug-likeness (QED) is 0.522. The van der Waals surface area contributed by atoms with E-state index in [1.54, 1.807) is 20.3 Å². The number of ether oxygens (including phenoxy) is 2. The Balaban J connectivity index is 2.47. The molecule has 0 N–H and O–H groups in total. The summed E-state index contributed by atoms with van der Waals surface area (Å²) in [6, 6.07) is 10.7. The van der Waals surface area contributed by atoms with Gasteiger partial charge in [0.25, 0.3) is 0 Å². The Hall–Kier alpha value is -2.49. The van der Waals surface area contributed by atoms with E-state index in [2.05, 4.69) is 0 Å². The number of rotatable bonds is 2. The summed E-state index contributed by atoms with van der Waals surface area (Å²) in [6.07, 6.45) is 0. The first-order valence-electron chi connectivity index (χ1n) is 5.81. The Morgan fingerprint density at radius 1 is 0.895 bits per heavy atom. The standard InChI is InChI=1S/C15H12O4/c1-17-12-7-10-4-3-9-5-6-14(16)19-15(9)11(10)8-13(12)18-2/h3-8H,1-2H3. The first kappa shape index (κ1) is 11.6. The van der Waals surface area contributed by atoms with Crippen molar-refractivity contribution in [2.24, 2.45) is 0 Å². The molecule has 0 fully saturated rings. The van der Waals surface area contributed by atoms with Gasteiger partial charge in [-0.1, -0.05) is 12.1 Å². The minimum absolute atomic E-state index is 0.366. The number of methoxy groups -OCH3 is 2. The van der Waals surface area contributed by atoms with E-state index in [0.717, 1.165) is 16.2 Å². The number of benzene rings is 2. The molecule has 4 heteroatoms. The molecule has 0 bridgehead atoms. The van der Waals surface area contributed by atoms with Gasteiger partial charge >= 0.3 is 5.63 Å². The van der Waals surface area contributed by atoms with Gasteiger partial charge < -0.3 is 13.9 Å². The van der Waals surface area contributed by atoms with Crippen LogP contribution < -0.4 is 15.1 Å². The third-order valence-corrected chi connectivity index (χ3v) is 3.11. The maximum absolute atomic E-state index is 11.4. The summed E-state index contributed by atoms with van der Waals surface area (Å²) in [5.41, 5.74) is 0.195. The summed E-state index contributed by atoms with van der Waals surface area (Å²) >= 11 is 0. The largest absolute Gasteiger partial charge is 0.493 e. The molecule has 0 saturated carbocycles. The normalized spacial score (nSPS) is 10.8. The molecule has 0 atom stereocenters. The highest BCUT2D eigenvalue weighted by Crippen LogP contribution is 2.35. The van der Waals surface area contributed by atoms with Crippen LogP contribution in [0.5, 0.6) is 11.5 Å². The van der Waals surface area contributed by atoms with Gasteiger partial charge in [-0.2, -0.15) is 0 Å². The molecule has 0 aliphatic rings. The lowest BCUT2D eigenvalue weighted by Gasteiger charge is -2.10. The molecule has 0 radical (unpaired) electrons.